The molecule has 2 N–H and O–H groups in total. The minimum atomic E-state index is -4.69. The molecule has 6 rings (SSSR count). The number of hydrogen-bond donors (Lipinski definition) is 2. The Kier molecular flexibility index (Phi) is 7.80. The number of thioether (sulfide) groups is 1. The van der Waals surface area contributed by atoms with Gasteiger partial charge in [-0.15, -0.1) is 0 Å². The Morgan fingerprint density at radius 1 is 1.05 bits per heavy atom. The normalized spacial score (nSPS) is 19.5. The summed E-state index contributed by atoms with van der Waals surface area (Å²) in [5.74, 6) is -3.75. The van der Waals surface area contributed by atoms with Crippen LogP contribution in [0.4, 0.5) is 24.5 Å². The summed E-state index contributed by atoms with van der Waals surface area (Å²) in [5.41, 5.74) is 0.654. The number of amides is 3. The zero-order valence-corrected chi connectivity index (χ0v) is 25.0. The van der Waals surface area contributed by atoms with Crippen molar-refractivity contribution < 1.29 is 32.3 Å². The molecule has 3 atom stereocenters. The second-order valence-corrected chi connectivity index (χ2v) is 12.8. The molecule has 0 bridgehead atoms. The molecule has 226 valence electrons. The molecule has 0 radical (unpaired) electrons. The number of thiazole rings is 1. The average Bonchev–Trinajstić information content (AvgIpc) is 3.46. The van der Waals surface area contributed by atoms with Crippen LogP contribution in [-0.2, 0) is 20.6 Å². The van der Waals surface area contributed by atoms with E-state index in [1.54, 1.807) is 18.2 Å². The Labute approximate surface area is 261 Å². The standard InChI is InChI=1S/C30H21ClF3N3O5S2/c1-14-4-2-6-17(10-14)35-21(38)13-42-20-9-8-16(31)12-19(20)22-23-25(43-26-24(22)44-29(41)36-26)28(40)37(27(23)39)18-7-3-5-15(11-18)30(32,33)34/h2-12,22-23,25H,13H2,1H3,(H,35,38)(H,36,41). The molecule has 8 nitrogen and oxygen atoms in total. The first-order valence-electron chi connectivity index (χ1n) is 13.1. The van der Waals surface area contributed by atoms with Crippen molar-refractivity contribution in [3.8, 4) is 5.75 Å². The number of benzene rings is 3. The summed E-state index contributed by atoms with van der Waals surface area (Å²) in [5, 5.41) is 2.32. The van der Waals surface area contributed by atoms with Crippen LogP contribution in [0, 0.1) is 12.8 Å². The van der Waals surface area contributed by atoms with Crippen molar-refractivity contribution in [1.82, 2.24) is 4.98 Å². The van der Waals surface area contributed by atoms with Crippen LogP contribution in [0.2, 0.25) is 5.02 Å². The van der Waals surface area contributed by atoms with Crippen LogP contribution in [0.15, 0.2) is 76.6 Å². The topological polar surface area (TPSA) is 109 Å². The number of hydrogen-bond acceptors (Lipinski definition) is 7. The van der Waals surface area contributed by atoms with Crippen LogP contribution in [0.5, 0.6) is 5.75 Å². The number of carbonyl (C=O) groups excluding carboxylic acids is 3. The average molecular weight is 660 g/mol. The third kappa shape index (κ3) is 5.62. The van der Waals surface area contributed by atoms with Gasteiger partial charge < -0.3 is 15.0 Å². The third-order valence-electron chi connectivity index (χ3n) is 7.22. The summed E-state index contributed by atoms with van der Waals surface area (Å²) in [7, 11) is 0. The number of anilines is 2. The Bertz CT molecular complexity index is 1870. The molecule has 0 saturated carbocycles. The summed E-state index contributed by atoms with van der Waals surface area (Å²) >= 11 is 8.20. The van der Waals surface area contributed by atoms with Crippen molar-refractivity contribution >= 4 is 63.8 Å². The SMILES string of the molecule is Cc1cccc(NC(=O)COc2ccc(Cl)cc2C2c3sc(=O)[nH]c3SC3C(=O)N(c4cccc(C(F)(F)F)c4)C(=O)C32)c1. The number of imide groups is 1. The molecule has 1 aromatic heterocycles. The Hall–Kier alpha value is -4.07. The number of nitrogens with one attached hydrogen (secondary N) is 2. The lowest BCUT2D eigenvalue weighted by molar-refractivity contribution is -0.137. The molecule has 3 heterocycles. The fourth-order valence-corrected chi connectivity index (χ4v) is 8.07. The molecule has 0 aliphatic carbocycles. The van der Waals surface area contributed by atoms with E-state index in [0.29, 0.717) is 21.2 Å². The summed E-state index contributed by atoms with van der Waals surface area (Å²) < 4.78 is 46.3. The van der Waals surface area contributed by atoms with Gasteiger partial charge in [-0.05, 0) is 61.0 Å². The minimum absolute atomic E-state index is 0.189. The second kappa shape index (κ2) is 11.5. The molecule has 44 heavy (non-hydrogen) atoms. The summed E-state index contributed by atoms with van der Waals surface area (Å²) in [6.07, 6.45) is -4.69. The van der Waals surface area contributed by atoms with Gasteiger partial charge in [0.05, 0.1) is 22.2 Å². The molecule has 3 aromatic carbocycles. The van der Waals surface area contributed by atoms with Crippen molar-refractivity contribution in [2.24, 2.45) is 5.92 Å². The highest BCUT2D eigenvalue weighted by molar-refractivity contribution is 8.00. The van der Waals surface area contributed by atoms with Gasteiger partial charge in [-0.25, -0.2) is 4.90 Å². The van der Waals surface area contributed by atoms with E-state index in [2.05, 4.69) is 10.3 Å². The lowest BCUT2D eigenvalue weighted by Gasteiger charge is -2.31. The molecular formula is C30H21ClF3N3O5S2. The Morgan fingerprint density at radius 3 is 2.57 bits per heavy atom. The molecule has 3 unspecified atom stereocenters. The third-order valence-corrected chi connectivity index (χ3v) is 9.86. The lowest BCUT2D eigenvalue weighted by atomic mass is 9.82. The highest BCUT2D eigenvalue weighted by Gasteiger charge is 2.57. The van der Waals surface area contributed by atoms with Crippen LogP contribution in [0.25, 0.3) is 0 Å². The maximum absolute atomic E-state index is 14.0. The minimum Gasteiger partial charge on any atom is -0.483 e. The molecule has 2 aliphatic rings. The zero-order chi connectivity index (χ0) is 31.3. The van der Waals surface area contributed by atoms with E-state index >= 15 is 0 Å². The van der Waals surface area contributed by atoms with Gasteiger partial charge in [0.1, 0.15) is 11.0 Å². The number of alkyl halides is 3. The fraction of sp³-hybridized carbons (Fsp3) is 0.200. The lowest BCUT2D eigenvalue weighted by Crippen LogP contribution is -2.32. The van der Waals surface area contributed by atoms with Crippen LogP contribution in [0.1, 0.15) is 27.5 Å². The summed E-state index contributed by atoms with van der Waals surface area (Å²) in [6.45, 7) is 1.48. The highest BCUT2D eigenvalue weighted by atomic mass is 35.5. The molecule has 1 saturated heterocycles. The van der Waals surface area contributed by atoms with Gasteiger partial charge in [0.25, 0.3) is 5.91 Å². The predicted octanol–water partition coefficient (Wildman–Crippen LogP) is 6.23. The Balaban J connectivity index is 1.37. The fourth-order valence-electron chi connectivity index (χ4n) is 5.38. The van der Waals surface area contributed by atoms with Crippen molar-refractivity contribution in [3.63, 3.8) is 0 Å². The maximum atomic E-state index is 14.0. The van der Waals surface area contributed by atoms with E-state index in [-0.39, 0.29) is 16.5 Å². The maximum Gasteiger partial charge on any atom is 0.416 e. The summed E-state index contributed by atoms with van der Waals surface area (Å²) in [6, 6.07) is 15.8. The smallest absolute Gasteiger partial charge is 0.416 e. The van der Waals surface area contributed by atoms with Crippen LogP contribution < -0.4 is 19.8 Å². The first-order valence-corrected chi connectivity index (χ1v) is 15.2. The quantitative estimate of drug-likeness (QED) is 0.238. The van der Waals surface area contributed by atoms with E-state index in [4.69, 9.17) is 16.3 Å². The van der Waals surface area contributed by atoms with Crippen molar-refractivity contribution in [1.29, 1.82) is 0 Å². The van der Waals surface area contributed by atoms with Gasteiger partial charge >= 0.3 is 11.0 Å². The number of nitrogens with zero attached hydrogens (tertiary/aromatic N) is 1. The van der Waals surface area contributed by atoms with Crippen LogP contribution >= 0.6 is 34.7 Å². The molecule has 14 heteroatoms. The number of aromatic nitrogens is 1. The monoisotopic (exact) mass is 659 g/mol. The number of fused-ring (bicyclic) bond motifs is 2. The second-order valence-electron chi connectivity index (χ2n) is 10.2. The van der Waals surface area contributed by atoms with E-state index in [1.165, 1.54) is 24.3 Å². The van der Waals surface area contributed by atoms with Crippen LogP contribution in [-0.4, -0.2) is 34.6 Å². The Morgan fingerprint density at radius 2 is 1.82 bits per heavy atom. The number of rotatable bonds is 6. The number of aryl methyl sites for hydroxylation is 1. The number of carbonyl (C=O) groups is 3. The van der Waals surface area contributed by atoms with Crippen molar-refractivity contribution in [3.05, 3.63) is 103 Å². The summed E-state index contributed by atoms with van der Waals surface area (Å²) in [4.78, 5) is 56.4. The number of H-pyrrole nitrogens is 1. The molecule has 1 fully saturated rings. The van der Waals surface area contributed by atoms with Gasteiger partial charge in [0.2, 0.25) is 11.8 Å². The van der Waals surface area contributed by atoms with Gasteiger partial charge in [-0.3, -0.25) is 19.2 Å². The van der Waals surface area contributed by atoms with E-state index in [9.17, 15) is 32.3 Å². The molecule has 2 aliphatic heterocycles. The van der Waals surface area contributed by atoms with Gasteiger partial charge in [-0.1, -0.05) is 52.9 Å². The zero-order valence-electron chi connectivity index (χ0n) is 22.6. The predicted molar refractivity (Wildman–Crippen MR) is 161 cm³/mol. The van der Waals surface area contributed by atoms with Gasteiger partial charge in [0, 0.05) is 27.1 Å². The number of aromatic amines is 1. The van der Waals surface area contributed by atoms with E-state index in [0.717, 1.165) is 51.8 Å². The molecule has 3 amide bonds. The largest absolute Gasteiger partial charge is 0.483 e. The number of halogens is 4. The van der Waals surface area contributed by atoms with Crippen LogP contribution in [0.3, 0.4) is 0 Å². The van der Waals surface area contributed by atoms with E-state index < -0.39 is 58.0 Å². The van der Waals surface area contributed by atoms with Crippen molar-refractivity contribution in [2.45, 2.75) is 29.3 Å². The first kappa shape index (κ1) is 30.0. The van der Waals surface area contributed by atoms with Crippen molar-refractivity contribution in [2.75, 3.05) is 16.8 Å². The highest BCUT2D eigenvalue weighted by Crippen LogP contribution is 2.55. The molecule has 0 spiro atoms. The van der Waals surface area contributed by atoms with Gasteiger partial charge in [0.15, 0.2) is 6.61 Å². The van der Waals surface area contributed by atoms with E-state index in [1.807, 2.05) is 13.0 Å². The molecular weight excluding hydrogens is 639 g/mol. The first-order chi connectivity index (χ1) is 20.9. The molecule has 4 aromatic rings. The number of ether oxygens (including phenoxy) is 1. The van der Waals surface area contributed by atoms with Gasteiger partial charge in [-0.2, -0.15) is 13.2 Å².